The molecule has 0 saturated heterocycles. The summed E-state index contributed by atoms with van der Waals surface area (Å²) in [5.74, 6) is 5.20. The SMILES string of the molecule is CC(CON)CN(C(=O)OC(C)(C)C)C(C)C. The summed E-state index contributed by atoms with van der Waals surface area (Å²) in [5, 5.41) is 0. The smallest absolute Gasteiger partial charge is 0.410 e. The molecule has 0 aromatic heterocycles. The van der Waals surface area contributed by atoms with Gasteiger partial charge >= 0.3 is 6.09 Å². The van der Waals surface area contributed by atoms with Crippen molar-refractivity contribution in [1.29, 1.82) is 0 Å². The lowest BCUT2D eigenvalue weighted by Crippen LogP contribution is -2.43. The summed E-state index contributed by atoms with van der Waals surface area (Å²) in [7, 11) is 0. The summed E-state index contributed by atoms with van der Waals surface area (Å²) in [6.45, 7) is 12.5. The van der Waals surface area contributed by atoms with E-state index >= 15 is 0 Å². The quantitative estimate of drug-likeness (QED) is 0.755. The number of amides is 1. The molecule has 0 saturated carbocycles. The van der Waals surface area contributed by atoms with E-state index in [0.717, 1.165) is 0 Å². The van der Waals surface area contributed by atoms with E-state index in [-0.39, 0.29) is 18.1 Å². The maximum absolute atomic E-state index is 12.0. The molecule has 0 rings (SSSR count). The minimum atomic E-state index is -0.474. The summed E-state index contributed by atoms with van der Waals surface area (Å²) >= 11 is 0. The maximum atomic E-state index is 12.0. The Balaban J connectivity index is 4.47. The Morgan fingerprint density at radius 3 is 2.18 bits per heavy atom. The van der Waals surface area contributed by atoms with E-state index in [2.05, 4.69) is 4.84 Å². The van der Waals surface area contributed by atoms with Crippen molar-refractivity contribution in [2.75, 3.05) is 13.2 Å². The fourth-order valence-corrected chi connectivity index (χ4v) is 1.37. The predicted molar refractivity (Wildman–Crippen MR) is 67.4 cm³/mol. The van der Waals surface area contributed by atoms with Gasteiger partial charge in [0, 0.05) is 12.6 Å². The monoisotopic (exact) mass is 246 g/mol. The Labute approximate surface area is 104 Å². The van der Waals surface area contributed by atoms with Crippen LogP contribution in [0.25, 0.3) is 0 Å². The zero-order valence-corrected chi connectivity index (χ0v) is 11.8. The molecule has 0 aliphatic heterocycles. The number of hydrogen-bond acceptors (Lipinski definition) is 4. The fourth-order valence-electron chi connectivity index (χ4n) is 1.37. The molecule has 102 valence electrons. The number of hydrogen-bond donors (Lipinski definition) is 1. The van der Waals surface area contributed by atoms with Crippen molar-refractivity contribution in [2.45, 2.75) is 53.2 Å². The van der Waals surface area contributed by atoms with Crippen LogP contribution in [-0.2, 0) is 9.57 Å². The molecule has 0 aliphatic rings. The van der Waals surface area contributed by atoms with Crippen molar-refractivity contribution in [3.8, 4) is 0 Å². The molecule has 0 radical (unpaired) electrons. The predicted octanol–water partition coefficient (Wildman–Crippen LogP) is 2.16. The first kappa shape index (κ1) is 16.2. The van der Waals surface area contributed by atoms with E-state index in [4.69, 9.17) is 10.6 Å². The second kappa shape index (κ2) is 6.81. The van der Waals surface area contributed by atoms with E-state index in [1.807, 2.05) is 41.5 Å². The summed E-state index contributed by atoms with van der Waals surface area (Å²) in [6, 6.07) is 0.0880. The topological polar surface area (TPSA) is 64.8 Å². The van der Waals surface area contributed by atoms with E-state index in [1.54, 1.807) is 4.90 Å². The van der Waals surface area contributed by atoms with Crippen LogP contribution in [0.5, 0.6) is 0 Å². The van der Waals surface area contributed by atoms with E-state index in [9.17, 15) is 4.79 Å². The van der Waals surface area contributed by atoms with Gasteiger partial charge in [0.2, 0.25) is 0 Å². The first-order valence-corrected chi connectivity index (χ1v) is 5.98. The van der Waals surface area contributed by atoms with Gasteiger partial charge in [0.05, 0.1) is 6.61 Å². The van der Waals surface area contributed by atoms with Crippen LogP contribution < -0.4 is 5.90 Å². The number of carbonyl (C=O) groups excluding carboxylic acids is 1. The Hall–Kier alpha value is -0.810. The molecule has 1 atom stereocenters. The van der Waals surface area contributed by atoms with Crippen LogP contribution in [0.1, 0.15) is 41.5 Å². The number of carbonyl (C=O) groups is 1. The van der Waals surface area contributed by atoms with E-state index in [0.29, 0.717) is 13.2 Å². The third-order valence-corrected chi connectivity index (χ3v) is 2.14. The van der Waals surface area contributed by atoms with Crippen molar-refractivity contribution >= 4 is 6.09 Å². The lowest BCUT2D eigenvalue weighted by Gasteiger charge is -2.31. The molecule has 0 bridgehead atoms. The highest BCUT2D eigenvalue weighted by atomic mass is 16.6. The minimum Gasteiger partial charge on any atom is -0.444 e. The van der Waals surface area contributed by atoms with Gasteiger partial charge in [-0.2, -0.15) is 0 Å². The fraction of sp³-hybridized carbons (Fsp3) is 0.917. The van der Waals surface area contributed by atoms with Crippen molar-refractivity contribution in [3.63, 3.8) is 0 Å². The third kappa shape index (κ3) is 7.18. The van der Waals surface area contributed by atoms with Crippen LogP contribution in [0.2, 0.25) is 0 Å². The second-order valence-corrected chi connectivity index (χ2v) is 5.66. The highest BCUT2D eigenvalue weighted by Gasteiger charge is 2.25. The molecule has 0 aliphatic carbocycles. The summed E-state index contributed by atoms with van der Waals surface area (Å²) in [6.07, 6.45) is -0.295. The molecule has 0 aromatic carbocycles. The zero-order valence-electron chi connectivity index (χ0n) is 11.8. The number of ether oxygens (including phenoxy) is 1. The molecule has 5 nitrogen and oxygen atoms in total. The zero-order chi connectivity index (χ0) is 13.6. The van der Waals surface area contributed by atoms with Gasteiger partial charge in [-0.1, -0.05) is 6.92 Å². The van der Waals surface area contributed by atoms with Crippen molar-refractivity contribution in [3.05, 3.63) is 0 Å². The number of nitrogens with zero attached hydrogens (tertiary/aromatic N) is 1. The number of nitrogens with two attached hydrogens (primary N) is 1. The van der Waals surface area contributed by atoms with Gasteiger partial charge in [-0.3, -0.25) is 0 Å². The van der Waals surface area contributed by atoms with Crippen LogP contribution in [0.15, 0.2) is 0 Å². The van der Waals surface area contributed by atoms with E-state index < -0.39 is 5.60 Å². The first-order chi connectivity index (χ1) is 7.67. The molecular formula is C12H26N2O3. The Kier molecular flexibility index (Phi) is 6.49. The molecule has 5 heteroatoms. The molecule has 17 heavy (non-hydrogen) atoms. The van der Waals surface area contributed by atoms with Crippen molar-refractivity contribution in [1.82, 2.24) is 4.90 Å². The Bertz CT molecular complexity index is 236. The number of rotatable bonds is 5. The Morgan fingerprint density at radius 1 is 1.29 bits per heavy atom. The lowest BCUT2D eigenvalue weighted by molar-refractivity contribution is 0.0110. The van der Waals surface area contributed by atoms with Gasteiger partial charge in [-0.25, -0.2) is 10.7 Å². The normalized spacial score (nSPS) is 13.6. The molecule has 0 heterocycles. The van der Waals surface area contributed by atoms with Crippen molar-refractivity contribution in [2.24, 2.45) is 11.8 Å². The van der Waals surface area contributed by atoms with Gasteiger partial charge in [-0.05, 0) is 40.5 Å². The Morgan fingerprint density at radius 2 is 1.82 bits per heavy atom. The second-order valence-electron chi connectivity index (χ2n) is 5.66. The van der Waals surface area contributed by atoms with Crippen LogP contribution in [0.3, 0.4) is 0 Å². The van der Waals surface area contributed by atoms with Crippen molar-refractivity contribution < 1.29 is 14.4 Å². The van der Waals surface area contributed by atoms with E-state index in [1.165, 1.54) is 0 Å². The standard InChI is InChI=1S/C12H26N2O3/c1-9(2)14(7-10(3)8-16-13)11(15)17-12(4,5)6/h9-10H,7-8,13H2,1-6H3. The average Bonchev–Trinajstić information content (AvgIpc) is 2.11. The van der Waals surface area contributed by atoms with Crippen LogP contribution in [0, 0.1) is 5.92 Å². The average molecular weight is 246 g/mol. The van der Waals surface area contributed by atoms with Crippen LogP contribution >= 0.6 is 0 Å². The van der Waals surface area contributed by atoms with Gasteiger partial charge in [0.25, 0.3) is 0 Å². The van der Waals surface area contributed by atoms with Crippen LogP contribution in [0.4, 0.5) is 4.79 Å². The highest BCUT2D eigenvalue weighted by molar-refractivity contribution is 5.68. The molecule has 0 fully saturated rings. The highest BCUT2D eigenvalue weighted by Crippen LogP contribution is 2.13. The molecule has 0 spiro atoms. The maximum Gasteiger partial charge on any atom is 0.410 e. The van der Waals surface area contributed by atoms with Crippen LogP contribution in [-0.4, -0.2) is 35.8 Å². The largest absolute Gasteiger partial charge is 0.444 e. The minimum absolute atomic E-state index is 0.0880. The molecular weight excluding hydrogens is 220 g/mol. The summed E-state index contributed by atoms with van der Waals surface area (Å²) in [5.41, 5.74) is -0.474. The lowest BCUT2D eigenvalue weighted by atomic mass is 10.1. The van der Waals surface area contributed by atoms with Gasteiger partial charge in [-0.15, -0.1) is 0 Å². The first-order valence-electron chi connectivity index (χ1n) is 5.98. The van der Waals surface area contributed by atoms with Gasteiger partial charge < -0.3 is 14.5 Å². The van der Waals surface area contributed by atoms with Gasteiger partial charge in [0.15, 0.2) is 0 Å². The summed E-state index contributed by atoms with van der Waals surface area (Å²) in [4.78, 5) is 18.2. The van der Waals surface area contributed by atoms with Gasteiger partial charge in [0.1, 0.15) is 5.60 Å². The molecule has 1 unspecified atom stereocenters. The summed E-state index contributed by atoms with van der Waals surface area (Å²) < 4.78 is 5.36. The third-order valence-electron chi connectivity index (χ3n) is 2.14. The molecule has 1 amide bonds. The molecule has 0 aromatic rings. The molecule has 2 N–H and O–H groups in total.